The maximum atomic E-state index is 10.8. The van der Waals surface area contributed by atoms with Gasteiger partial charge in [0.15, 0.2) is 0 Å². The van der Waals surface area contributed by atoms with Crippen molar-refractivity contribution in [1.29, 1.82) is 0 Å². The molecule has 0 aliphatic carbocycles. The van der Waals surface area contributed by atoms with Crippen LogP contribution in [-0.2, 0) is 9.59 Å². The molecule has 0 saturated carbocycles. The second-order valence-corrected chi connectivity index (χ2v) is 2.41. The van der Waals surface area contributed by atoms with Gasteiger partial charge in [0.25, 0.3) is 0 Å². The van der Waals surface area contributed by atoms with Crippen molar-refractivity contribution in [3.05, 3.63) is 0 Å². The van der Waals surface area contributed by atoms with E-state index in [0.29, 0.717) is 19.3 Å². The Labute approximate surface area is 80.9 Å². The van der Waals surface area contributed by atoms with Crippen LogP contribution in [0.15, 0.2) is 0 Å². The molecule has 0 spiro atoms. The number of nitrogens with one attached hydrogen (secondary N) is 1. The van der Waals surface area contributed by atoms with Gasteiger partial charge >= 0.3 is 0 Å². The molecule has 0 aromatic rings. The Morgan fingerprint density at radius 3 is 2.46 bits per heavy atom. The lowest BCUT2D eigenvalue weighted by molar-refractivity contribution is -0.121. The predicted octanol–water partition coefficient (Wildman–Crippen LogP) is 1.91. The maximum absolute atomic E-state index is 10.8. The molecule has 1 amide bonds. The fourth-order valence-corrected chi connectivity index (χ4v) is 0.699. The normalized spacial score (nSPS) is 8.23. The lowest BCUT2D eigenvalue weighted by atomic mass is 10.2. The zero-order valence-electron chi connectivity index (χ0n) is 8.93. The van der Waals surface area contributed by atoms with Crippen LogP contribution in [-0.4, -0.2) is 18.7 Å². The highest BCUT2D eigenvalue weighted by molar-refractivity contribution is 5.76. The van der Waals surface area contributed by atoms with Gasteiger partial charge in [-0.3, -0.25) is 4.79 Å². The largest absolute Gasteiger partial charge is 0.356 e. The van der Waals surface area contributed by atoms with E-state index in [-0.39, 0.29) is 5.91 Å². The quantitative estimate of drug-likeness (QED) is 0.510. The first-order valence-corrected chi connectivity index (χ1v) is 5.01. The molecule has 0 aromatic heterocycles. The van der Waals surface area contributed by atoms with Crippen LogP contribution < -0.4 is 5.32 Å². The van der Waals surface area contributed by atoms with Gasteiger partial charge in [-0.15, -0.1) is 0 Å². The van der Waals surface area contributed by atoms with Crippen molar-refractivity contribution < 1.29 is 9.59 Å². The standard InChI is InChI=1S/C8H15NO2.C2H6/c1-2-6-9-8(11)5-3-4-7-10;1-2/h7H,2-6H2,1H3,(H,9,11);1-2H3. The molecule has 0 fully saturated rings. The SMILES string of the molecule is CC.CCCNC(=O)CCCC=O. The van der Waals surface area contributed by atoms with Crippen LogP contribution in [0.3, 0.4) is 0 Å². The summed E-state index contributed by atoms with van der Waals surface area (Å²) in [5, 5.41) is 2.74. The Bertz CT molecular complexity index is 124. The van der Waals surface area contributed by atoms with E-state index in [1.165, 1.54) is 0 Å². The molecule has 3 nitrogen and oxygen atoms in total. The fraction of sp³-hybridized carbons (Fsp3) is 0.800. The van der Waals surface area contributed by atoms with Crippen LogP contribution in [0.1, 0.15) is 46.5 Å². The fourth-order valence-electron chi connectivity index (χ4n) is 0.699. The molecule has 0 aromatic carbocycles. The number of aldehydes is 1. The van der Waals surface area contributed by atoms with E-state index < -0.39 is 0 Å². The molecule has 0 unspecified atom stereocenters. The molecule has 0 saturated heterocycles. The van der Waals surface area contributed by atoms with Crippen LogP contribution >= 0.6 is 0 Å². The molecular formula is C10H21NO2. The first-order valence-electron chi connectivity index (χ1n) is 5.01. The van der Waals surface area contributed by atoms with Crippen LogP contribution in [0.4, 0.5) is 0 Å². The minimum absolute atomic E-state index is 0.0497. The molecule has 0 aliphatic heterocycles. The highest BCUT2D eigenvalue weighted by atomic mass is 16.1. The van der Waals surface area contributed by atoms with Crippen LogP contribution in [0, 0.1) is 0 Å². The summed E-state index contributed by atoms with van der Waals surface area (Å²) in [5.41, 5.74) is 0. The summed E-state index contributed by atoms with van der Waals surface area (Å²) in [6.07, 6.45) is 3.42. The van der Waals surface area contributed by atoms with Crippen molar-refractivity contribution in [2.75, 3.05) is 6.54 Å². The maximum Gasteiger partial charge on any atom is 0.220 e. The van der Waals surface area contributed by atoms with E-state index in [1.54, 1.807) is 0 Å². The summed E-state index contributed by atoms with van der Waals surface area (Å²) < 4.78 is 0. The molecule has 0 bridgehead atoms. The van der Waals surface area contributed by atoms with Gasteiger partial charge in [-0.2, -0.15) is 0 Å². The Morgan fingerprint density at radius 1 is 1.38 bits per heavy atom. The zero-order valence-corrected chi connectivity index (χ0v) is 8.93. The Balaban J connectivity index is 0. The van der Waals surface area contributed by atoms with Gasteiger partial charge < -0.3 is 10.1 Å². The minimum atomic E-state index is 0.0497. The average Bonchev–Trinajstić information content (AvgIpc) is 2.18. The van der Waals surface area contributed by atoms with Gasteiger partial charge in [0.05, 0.1) is 0 Å². The highest BCUT2D eigenvalue weighted by Gasteiger charge is 1.97. The summed E-state index contributed by atoms with van der Waals surface area (Å²) in [7, 11) is 0. The van der Waals surface area contributed by atoms with Gasteiger partial charge in [0, 0.05) is 19.4 Å². The molecule has 0 radical (unpaired) electrons. The third-order valence-electron chi connectivity index (χ3n) is 1.30. The molecule has 1 N–H and O–H groups in total. The third kappa shape index (κ3) is 14.0. The Hall–Kier alpha value is -0.860. The molecule has 0 atom stereocenters. The monoisotopic (exact) mass is 187 g/mol. The van der Waals surface area contributed by atoms with E-state index in [4.69, 9.17) is 0 Å². The summed E-state index contributed by atoms with van der Waals surface area (Å²) >= 11 is 0. The minimum Gasteiger partial charge on any atom is -0.356 e. The summed E-state index contributed by atoms with van der Waals surface area (Å²) in [5.74, 6) is 0.0497. The lowest BCUT2D eigenvalue weighted by Crippen LogP contribution is -2.23. The van der Waals surface area contributed by atoms with E-state index in [0.717, 1.165) is 19.3 Å². The van der Waals surface area contributed by atoms with Crippen molar-refractivity contribution in [3.8, 4) is 0 Å². The second kappa shape index (κ2) is 13.7. The van der Waals surface area contributed by atoms with Crippen LogP contribution in [0.2, 0.25) is 0 Å². The molecule has 3 heteroatoms. The van der Waals surface area contributed by atoms with Gasteiger partial charge in [0.1, 0.15) is 6.29 Å². The molecule has 0 rings (SSSR count). The smallest absolute Gasteiger partial charge is 0.220 e. The topological polar surface area (TPSA) is 46.2 Å². The number of amides is 1. The Morgan fingerprint density at radius 2 is 2.00 bits per heavy atom. The summed E-state index contributed by atoms with van der Waals surface area (Å²) in [6.45, 7) is 6.74. The van der Waals surface area contributed by atoms with Crippen molar-refractivity contribution in [2.24, 2.45) is 0 Å². The molecule has 13 heavy (non-hydrogen) atoms. The lowest BCUT2D eigenvalue weighted by Gasteiger charge is -2.00. The van der Waals surface area contributed by atoms with E-state index in [2.05, 4.69) is 5.32 Å². The van der Waals surface area contributed by atoms with E-state index >= 15 is 0 Å². The number of carbonyl (C=O) groups is 2. The highest BCUT2D eigenvalue weighted by Crippen LogP contribution is 1.91. The Kier molecular flexibility index (Phi) is 15.5. The first kappa shape index (κ1) is 14.7. The van der Waals surface area contributed by atoms with Gasteiger partial charge in [0.2, 0.25) is 5.91 Å². The number of unbranched alkanes of at least 4 members (excludes halogenated alkanes) is 1. The van der Waals surface area contributed by atoms with Crippen molar-refractivity contribution >= 4 is 12.2 Å². The molecular weight excluding hydrogens is 166 g/mol. The summed E-state index contributed by atoms with van der Waals surface area (Å²) in [6, 6.07) is 0. The second-order valence-electron chi connectivity index (χ2n) is 2.41. The number of carbonyl (C=O) groups excluding carboxylic acids is 2. The average molecular weight is 187 g/mol. The number of hydrogen-bond donors (Lipinski definition) is 1. The van der Waals surface area contributed by atoms with Gasteiger partial charge in [-0.05, 0) is 12.8 Å². The van der Waals surface area contributed by atoms with Gasteiger partial charge in [-0.1, -0.05) is 20.8 Å². The van der Waals surface area contributed by atoms with Crippen molar-refractivity contribution in [1.82, 2.24) is 5.32 Å². The molecule has 0 heterocycles. The number of hydrogen-bond acceptors (Lipinski definition) is 2. The summed E-state index contributed by atoms with van der Waals surface area (Å²) in [4.78, 5) is 20.7. The van der Waals surface area contributed by atoms with Crippen molar-refractivity contribution in [3.63, 3.8) is 0 Å². The third-order valence-corrected chi connectivity index (χ3v) is 1.30. The number of rotatable bonds is 6. The van der Waals surface area contributed by atoms with Crippen LogP contribution in [0.5, 0.6) is 0 Å². The van der Waals surface area contributed by atoms with Crippen molar-refractivity contribution in [2.45, 2.75) is 46.5 Å². The van der Waals surface area contributed by atoms with E-state index in [9.17, 15) is 9.59 Å². The predicted molar refractivity (Wildman–Crippen MR) is 54.6 cm³/mol. The van der Waals surface area contributed by atoms with Crippen LogP contribution in [0.25, 0.3) is 0 Å². The van der Waals surface area contributed by atoms with E-state index in [1.807, 2.05) is 20.8 Å². The van der Waals surface area contributed by atoms with Gasteiger partial charge in [-0.25, -0.2) is 0 Å². The molecule has 78 valence electrons. The molecule has 0 aliphatic rings. The zero-order chi connectivity index (χ0) is 10.5. The first-order chi connectivity index (χ1) is 6.31.